The van der Waals surface area contributed by atoms with E-state index < -0.39 is 30.4 Å². The standard InChI is InChI=1S/C20H26N2O6/c23-13-12-17(19(25)26)22(18(24)11-10-15-6-4-5-7-15)21-20(27)28-14-16-8-2-1-3-9-16/h1-3,8-9,13,15,17H,4-7,10-12,14H2,(H,21,27)(H,25,26)/t17-/m0/s1. The molecule has 152 valence electrons. The van der Waals surface area contributed by atoms with E-state index in [1.807, 2.05) is 6.07 Å². The number of benzene rings is 1. The molecule has 0 spiro atoms. The topological polar surface area (TPSA) is 113 Å². The van der Waals surface area contributed by atoms with Gasteiger partial charge in [-0.3, -0.25) is 4.79 Å². The molecule has 1 atom stereocenters. The van der Waals surface area contributed by atoms with Crippen LogP contribution in [0.4, 0.5) is 4.79 Å². The molecule has 8 heteroatoms. The highest BCUT2D eigenvalue weighted by Gasteiger charge is 2.32. The maximum atomic E-state index is 12.6. The van der Waals surface area contributed by atoms with E-state index >= 15 is 0 Å². The van der Waals surface area contributed by atoms with E-state index in [4.69, 9.17) is 4.74 Å². The summed E-state index contributed by atoms with van der Waals surface area (Å²) in [6.45, 7) is -0.0256. The highest BCUT2D eigenvalue weighted by molar-refractivity contribution is 5.86. The minimum absolute atomic E-state index is 0.0256. The first-order chi connectivity index (χ1) is 13.5. The number of carboxylic acid groups (broad SMARTS) is 1. The van der Waals surface area contributed by atoms with Gasteiger partial charge in [-0.05, 0) is 17.9 Å². The van der Waals surface area contributed by atoms with Gasteiger partial charge in [0.2, 0.25) is 5.91 Å². The Morgan fingerprint density at radius 3 is 2.50 bits per heavy atom. The van der Waals surface area contributed by atoms with E-state index in [2.05, 4.69) is 5.43 Å². The number of aliphatic carboxylic acids is 1. The molecule has 0 unspecified atom stereocenters. The van der Waals surface area contributed by atoms with Gasteiger partial charge in [-0.25, -0.2) is 20.0 Å². The SMILES string of the molecule is O=CC[C@@H](C(=O)O)N(NC(=O)OCc1ccccc1)C(=O)CCC1CCCC1. The number of carbonyl (C=O) groups is 4. The molecular formula is C20H26N2O6. The molecular weight excluding hydrogens is 364 g/mol. The Labute approximate surface area is 163 Å². The fourth-order valence-electron chi connectivity index (χ4n) is 3.32. The van der Waals surface area contributed by atoms with Crippen molar-refractivity contribution in [3.63, 3.8) is 0 Å². The number of carboxylic acids is 1. The number of hydrogen-bond acceptors (Lipinski definition) is 5. The fourth-order valence-corrected chi connectivity index (χ4v) is 3.32. The molecule has 2 rings (SSSR count). The number of aldehydes is 1. The van der Waals surface area contributed by atoms with Crippen LogP contribution in [0.2, 0.25) is 0 Å². The average molecular weight is 390 g/mol. The highest BCUT2D eigenvalue weighted by atomic mass is 16.6. The normalized spacial score (nSPS) is 14.9. The fraction of sp³-hybridized carbons (Fsp3) is 0.500. The largest absolute Gasteiger partial charge is 0.480 e. The molecule has 1 aliphatic rings. The number of rotatable bonds is 9. The summed E-state index contributed by atoms with van der Waals surface area (Å²) in [4.78, 5) is 47.1. The third kappa shape index (κ3) is 6.68. The van der Waals surface area contributed by atoms with E-state index in [1.54, 1.807) is 24.3 Å². The van der Waals surface area contributed by atoms with E-state index in [0.717, 1.165) is 36.3 Å². The summed E-state index contributed by atoms with van der Waals surface area (Å²) in [5, 5.41) is 10.1. The van der Waals surface area contributed by atoms with Crippen molar-refractivity contribution in [3.05, 3.63) is 35.9 Å². The van der Waals surface area contributed by atoms with Gasteiger partial charge in [0.15, 0.2) is 6.04 Å². The predicted molar refractivity (Wildman–Crippen MR) is 99.9 cm³/mol. The van der Waals surface area contributed by atoms with E-state index in [1.165, 1.54) is 0 Å². The van der Waals surface area contributed by atoms with Gasteiger partial charge in [0.1, 0.15) is 12.9 Å². The third-order valence-corrected chi connectivity index (χ3v) is 4.85. The molecule has 1 aromatic carbocycles. The lowest BCUT2D eigenvalue weighted by Crippen LogP contribution is -2.55. The van der Waals surface area contributed by atoms with Gasteiger partial charge >= 0.3 is 12.1 Å². The van der Waals surface area contributed by atoms with Crippen LogP contribution in [0, 0.1) is 5.92 Å². The van der Waals surface area contributed by atoms with Gasteiger partial charge in [0, 0.05) is 12.8 Å². The molecule has 0 heterocycles. The molecule has 1 aromatic rings. The first-order valence-corrected chi connectivity index (χ1v) is 9.47. The number of nitrogens with zero attached hydrogens (tertiary/aromatic N) is 1. The number of amides is 2. The monoisotopic (exact) mass is 390 g/mol. The number of carbonyl (C=O) groups excluding carboxylic acids is 3. The van der Waals surface area contributed by atoms with Crippen molar-refractivity contribution < 1.29 is 29.0 Å². The van der Waals surface area contributed by atoms with Gasteiger partial charge in [0.05, 0.1) is 0 Å². The van der Waals surface area contributed by atoms with Gasteiger partial charge in [-0.2, -0.15) is 0 Å². The predicted octanol–water partition coefficient (Wildman–Crippen LogP) is 2.67. The van der Waals surface area contributed by atoms with Crippen molar-refractivity contribution in [3.8, 4) is 0 Å². The van der Waals surface area contributed by atoms with Crippen LogP contribution >= 0.6 is 0 Å². The smallest absolute Gasteiger partial charge is 0.426 e. The summed E-state index contributed by atoms with van der Waals surface area (Å²) in [7, 11) is 0. The van der Waals surface area contributed by atoms with Gasteiger partial charge in [-0.1, -0.05) is 56.0 Å². The van der Waals surface area contributed by atoms with Crippen LogP contribution in [0.15, 0.2) is 30.3 Å². The maximum absolute atomic E-state index is 12.6. The van der Waals surface area contributed by atoms with Crippen LogP contribution in [0.3, 0.4) is 0 Å². The first kappa shape index (κ1) is 21.4. The zero-order chi connectivity index (χ0) is 20.4. The Kier molecular flexibility index (Phi) is 8.45. The van der Waals surface area contributed by atoms with Crippen molar-refractivity contribution in [1.29, 1.82) is 0 Å². The lowest BCUT2D eigenvalue weighted by Gasteiger charge is -2.28. The van der Waals surface area contributed by atoms with Crippen molar-refractivity contribution in [2.45, 2.75) is 57.6 Å². The zero-order valence-corrected chi connectivity index (χ0v) is 15.7. The van der Waals surface area contributed by atoms with E-state index in [0.29, 0.717) is 18.6 Å². The Bertz CT molecular complexity index is 673. The molecule has 1 saturated carbocycles. The second-order valence-electron chi connectivity index (χ2n) is 6.88. The molecule has 1 aliphatic carbocycles. The number of nitrogens with one attached hydrogen (secondary N) is 1. The highest BCUT2D eigenvalue weighted by Crippen LogP contribution is 2.28. The number of hydrazine groups is 1. The second kappa shape index (κ2) is 11.1. The number of ether oxygens (including phenoxy) is 1. The lowest BCUT2D eigenvalue weighted by molar-refractivity contribution is -0.153. The van der Waals surface area contributed by atoms with Gasteiger partial charge in [0.25, 0.3) is 0 Å². The van der Waals surface area contributed by atoms with Crippen LogP contribution in [0.5, 0.6) is 0 Å². The molecule has 2 N–H and O–H groups in total. The molecule has 0 radical (unpaired) electrons. The first-order valence-electron chi connectivity index (χ1n) is 9.47. The molecule has 0 aliphatic heterocycles. The lowest BCUT2D eigenvalue weighted by atomic mass is 10.0. The molecule has 28 heavy (non-hydrogen) atoms. The summed E-state index contributed by atoms with van der Waals surface area (Å²) in [5.41, 5.74) is 2.96. The molecule has 0 bridgehead atoms. The van der Waals surface area contributed by atoms with Crippen LogP contribution in [0.1, 0.15) is 50.5 Å². The minimum Gasteiger partial charge on any atom is -0.480 e. The second-order valence-corrected chi connectivity index (χ2v) is 6.88. The quantitative estimate of drug-likeness (QED) is 0.495. The summed E-state index contributed by atoms with van der Waals surface area (Å²) in [6.07, 6.45) is 4.14. The number of hydrogen-bond donors (Lipinski definition) is 2. The average Bonchev–Trinajstić information content (AvgIpc) is 3.21. The molecule has 8 nitrogen and oxygen atoms in total. The van der Waals surface area contributed by atoms with Crippen LogP contribution in [-0.4, -0.2) is 40.4 Å². The van der Waals surface area contributed by atoms with Crippen molar-refractivity contribution in [2.75, 3.05) is 0 Å². The Hall–Kier alpha value is -2.90. The van der Waals surface area contributed by atoms with Gasteiger partial charge < -0.3 is 14.6 Å². The zero-order valence-electron chi connectivity index (χ0n) is 15.7. The minimum atomic E-state index is -1.47. The molecule has 1 fully saturated rings. The molecule has 0 aromatic heterocycles. The third-order valence-electron chi connectivity index (χ3n) is 4.85. The van der Waals surface area contributed by atoms with Crippen LogP contribution in [0.25, 0.3) is 0 Å². The Morgan fingerprint density at radius 1 is 1.21 bits per heavy atom. The summed E-state index contributed by atoms with van der Waals surface area (Å²) in [6, 6.07) is 7.47. The Balaban J connectivity index is 1.98. The molecule has 0 saturated heterocycles. The summed E-state index contributed by atoms with van der Waals surface area (Å²) in [5.74, 6) is -1.48. The van der Waals surface area contributed by atoms with Crippen LogP contribution < -0.4 is 5.43 Å². The summed E-state index contributed by atoms with van der Waals surface area (Å²) >= 11 is 0. The molecule has 2 amide bonds. The maximum Gasteiger partial charge on any atom is 0.426 e. The van der Waals surface area contributed by atoms with Crippen molar-refractivity contribution in [1.82, 2.24) is 10.4 Å². The van der Waals surface area contributed by atoms with Crippen molar-refractivity contribution in [2.24, 2.45) is 5.92 Å². The van der Waals surface area contributed by atoms with Crippen LogP contribution in [-0.2, 0) is 25.7 Å². The van der Waals surface area contributed by atoms with E-state index in [-0.39, 0.29) is 13.0 Å². The Morgan fingerprint density at radius 2 is 1.89 bits per heavy atom. The van der Waals surface area contributed by atoms with Gasteiger partial charge in [-0.15, -0.1) is 0 Å². The summed E-state index contributed by atoms with van der Waals surface area (Å²) < 4.78 is 5.07. The van der Waals surface area contributed by atoms with Crippen molar-refractivity contribution >= 4 is 24.3 Å². The van der Waals surface area contributed by atoms with E-state index in [9.17, 15) is 24.3 Å².